The van der Waals surface area contributed by atoms with Gasteiger partial charge in [-0.05, 0) is 24.6 Å². The third-order valence-electron chi connectivity index (χ3n) is 4.99. The van der Waals surface area contributed by atoms with Gasteiger partial charge in [-0.15, -0.1) is 0 Å². The summed E-state index contributed by atoms with van der Waals surface area (Å²) in [5.74, 6) is 1.07. The number of amides is 1. The second kappa shape index (κ2) is 7.79. The normalized spacial score (nSPS) is 17.0. The van der Waals surface area contributed by atoms with E-state index in [0.29, 0.717) is 48.4 Å². The molecular formula is C21H23ClN2O3. The number of fused-ring (bicyclic) bond motifs is 1. The van der Waals surface area contributed by atoms with Crippen molar-refractivity contribution in [3.05, 3.63) is 58.1 Å². The maximum absolute atomic E-state index is 12.9. The molecule has 0 saturated carbocycles. The fraction of sp³-hybridized carbons (Fsp3) is 0.381. The van der Waals surface area contributed by atoms with Crippen molar-refractivity contribution in [3.8, 4) is 11.5 Å². The SMILES string of the molecule is Cc1cccc(CN2CCN(C(=O)c3cc(Cl)c4c(c3)OCCO4)CC2)c1. The van der Waals surface area contributed by atoms with Crippen molar-refractivity contribution in [2.45, 2.75) is 13.5 Å². The van der Waals surface area contributed by atoms with Gasteiger partial charge in [-0.1, -0.05) is 41.4 Å². The lowest BCUT2D eigenvalue weighted by Gasteiger charge is -2.35. The second-order valence-corrected chi connectivity index (χ2v) is 7.45. The molecule has 0 aliphatic carbocycles. The number of rotatable bonds is 3. The molecular weight excluding hydrogens is 364 g/mol. The van der Waals surface area contributed by atoms with Crippen LogP contribution in [0.2, 0.25) is 5.02 Å². The minimum atomic E-state index is -0.0101. The van der Waals surface area contributed by atoms with E-state index in [0.717, 1.165) is 19.6 Å². The molecule has 2 heterocycles. The number of carbonyl (C=O) groups is 1. The molecule has 4 rings (SSSR count). The molecule has 2 aliphatic heterocycles. The van der Waals surface area contributed by atoms with E-state index in [1.165, 1.54) is 11.1 Å². The van der Waals surface area contributed by atoms with E-state index in [1.807, 2.05) is 4.90 Å². The molecule has 27 heavy (non-hydrogen) atoms. The lowest BCUT2D eigenvalue weighted by molar-refractivity contribution is 0.0627. The zero-order valence-electron chi connectivity index (χ0n) is 15.4. The molecule has 1 fully saturated rings. The Morgan fingerprint density at radius 1 is 1.07 bits per heavy atom. The highest BCUT2D eigenvalue weighted by Gasteiger charge is 2.25. The van der Waals surface area contributed by atoms with Crippen LogP contribution in [0.3, 0.4) is 0 Å². The second-order valence-electron chi connectivity index (χ2n) is 7.04. The summed E-state index contributed by atoms with van der Waals surface area (Å²) in [6.07, 6.45) is 0. The highest BCUT2D eigenvalue weighted by Crippen LogP contribution is 2.38. The molecule has 1 amide bonds. The van der Waals surface area contributed by atoms with Gasteiger partial charge in [0.1, 0.15) is 13.2 Å². The third kappa shape index (κ3) is 4.04. The van der Waals surface area contributed by atoms with E-state index in [-0.39, 0.29) is 5.91 Å². The van der Waals surface area contributed by atoms with Crippen LogP contribution in [0.15, 0.2) is 36.4 Å². The predicted octanol–water partition coefficient (Wildman–Crippen LogP) is 3.38. The van der Waals surface area contributed by atoms with Crippen LogP contribution in [0.25, 0.3) is 0 Å². The van der Waals surface area contributed by atoms with Crippen molar-refractivity contribution in [3.63, 3.8) is 0 Å². The highest BCUT2D eigenvalue weighted by molar-refractivity contribution is 6.32. The summed E-state index contributed by atoms with van der Waals surface area (Å²) in [4.78, 5) is 17.2. The molecule has 2 aliphatic rings. The minimum Gasteiger partial charge on any atom is -0.486 e. The van der Waals surface area contributed by atoms with Gasteiger partial charge in [-0.3, -0.25) is 9.69 Å². The van der Waals surface area contributed by atoms with E-state index < -0.39 is 0 Å². The van der Waals surface area contributed by atoms with Gasteiger partial charge >= 0.3 is 0 Å². The molecule has 2 aromatic carbocycles. The maximum atomic E-state index is 12.9. The Bertz CT molecular complexity index is 847. The molecule has 0 atom stereocenters. The van der Waals surface area contributed by atoms with Crippen LogP contribution < -0.4 is 9.47 Å². The van der Waals surface area contributed by atoms with Crippen LogP contribution in [0, 0.1) is 6.92 Å². The Morgan fingerprint density at radius 3 is 2.63 bits per heavy atom. The van der Waals surface area contributed by atoms with Crippen LogP contribution in [0.5, 0.6) is 11.5 Å². The van der Waals surface area contributed by atoms with E-state index in [1.54, 1.807) is 12.1 Å². The van der Waals surface area contributed by atoms with Crippen molar-refractivity contribution in [1.82, 2.24) is 9.80 Å². The van der Waals surface area contributed by atoms with Crippen LogP contribution >= 0.6 is 11.6 Å². The summed E-state index contributed by atoms with van der Waals surface area (Å²) in [6, 6.07) is 12.0. The first-order valence-electron chi connectivity index (χ1n) is 9.26. The molecule has 0 bridgehead atoms. The summed E-state index contributed by atoms with van der Waals surface area (Å²) < 4.78 is 11.1. The molecule has 6 heteroatoms. The van der Waals surface area contributed by atoms with E-state index in [2.05, 4.69) is 36.1 Å². The van der Waals surface area contributed by atoms with Gasteiger partial charge in [0, 0.05) is 38.3 Å². The number of aryl methyl sites for hydroxylation is 1. The van der Waals surface area contributed by atoms with Crippen LogP contribution in [-0.4, -0.2) is 55.1 Å². The molecule has 2 aromatic rings. The topological polar surface area (TPSA) is 42.0 Å². The highest BCUT2D eigenvalue weighted by atomic mass is 35.5. The maximum Gasteiger partial charge on any atom is 0.254 e. The van der Waals surface area contributed by atoms with Crippen LogP contribution in [0.4, 0.5) is 0 Å². The number of hydrogen-bond donors (Lipinski definition) is 0. The van der Waals surface area contributed by atoms with Crippen LogP contribution in [0.1, 0.15) is 21.5 Å². The Morgan fingerprint density at radius 2 is 1.85 bits per heavy atom. The molecule has 142 valence electrons. The number of halogens is 1. The first kappa shape index (κ1) is 18.1. The number of ether oxygens (including phenoxy) is 2. The zero-order valence-corrected chi connectivity index (χ0v) is 16.2. The van der Waals surface area contributed by atoms with Crippen molar-refractivity contribution >= 4 is 17.5 Å². The first-order chi connectivity index (χ1) is 13.1. The fourth-order valence-electron chi connectivity index (χ4n) is 3.59. The van der Waals surface area contributed by atoms with Gasteiger partial charge in [0.05, 0.1) is 5.02 Å². The summed E-state index contributed by atoms with van der Waals surface area (Å²) in [7, 11) is 0. The summed E-state index contributed by atoms with van der Waals surface area (Å²) in [6.45, 7) is 7.10. The smallest absolute Gasteiger partial charge is 0.254 e. The van der Waals surface area contributed by atoms with Gasteiger partial charge in [0.2, 0.25) is 0 Å². The van der Waals surface area contributed by atoms with Gasteiger partial charge in [0.25, 0.3) is 5.91 Å². The lowest BCUT2D eigenvalue weighted by Crippen LogP contribution is -2.48. The predicted molar refractivity (Wildman–Crippen MR) is 105 cm³/mol. The molecule has 0 radical (unpaired) electrons. The number of carbonyl (C=O) groups excluding carboxylic acids is 1. The van der Waals surface area contributed by atoms with Crippen molar-refractivity contribution in [1.29, 1.82) is 0 Å². The monoisotopic (exact) mass is 386 g/mol. The van der Waals surface area contributed by atoms with Gasteiger partial charge in [-0.25, -0.2) is 0 Å². The van der Waals surface area contributed by atoms with Crippen molar-refractivity contribution < 1.29 is 14.3 Å². The Balaban J connectivity index is 1.39. The molecule has 0 spiro atoms. The fourth-order valence-corrected chi connectivity index (χ4v) is 3.86. The Kier molecular flexibility index (Phi) is 5.23. The van der Waals surface area contributed by atoms with Crippen molar-refractivity contribution in [2.24, 2.45) is 0 Å². The summed E-state index contributed by atoms with van der Waals surface area (Å²) >= 11 is 6.27. The number of hydrogen-bond acceptors (Lipinski definition) is 4. The quantitative estimate of drug-likeness (QED) is 0.811. The zero-order chi connectivity index (χ0) is 18.8. The summed E-state index contributed by atoms with van der Waals surface area (Å²) in [5, 5.41) is 0.425. The minimum absolute atomic E-state index is 0.0101. The van der Waals surface area contributed by atoms with E-state index >= 15 is 0 Å². The first-order valence-corrected chi connectivity index (χ1v) is 9.64. The third-order valence-corrected chi connectivity index (χ3v) is 5.27. The van der Waals surface area contributed by atoms with E-state index in [4.69, 9.17) is 21.1 Å². The number of nitrogens with zero attached hydrogens (tertiary/aromatic N) is 2. The number of piperazine rings is 1. The molecule has 5 nitrogen and oxygen atoms in total. The Labute approximate surface area is 164 Å². The average Bonchev–Trinajstić information content (AvgIpc) is 2.68. The van der Waals surface area contributed by atoms with Gasteiger partial charge in [-0.2, -0.15) is 0 Å². The summed E-state index contributed by atoms with van der Waals surface area (Å²) in [5.41, 5.74) is 3.14. The van der Waals surface area contributed by atoms with Crippen molar-refractivity contribution in [2.75, 3.05) is 39.4 Å². The molecule has 0 aromatic heterocycles. The standard InChI is InChI=1S/C21H23ClN2O3/c1-15-3-2-4-16(11-15)14-23-5-7-24(8-6-23)21(25)17-12-18(22)20-19(13-17)26-9-10-27-20/h2-4,11-13H,5-10,14H2,1H3. The molecule has 0 N–H and O–H groups in total. The lowest BCUT2D eigenvalue weighted by atomic mass is 10.1. The Hall–Kier alpha value is -2.24. The van der Waals surface area contributed by atoms with E-state index in [9.17, 15) is 4.79 Å². The van der Waals surface area contributed by atoms with Gasteiger partial charge < -0.3 is 14.4 Å². The molecule has 0 unspecified atom stereocenters. The van der Waals surface area contributed by atoms with Crippen LogP contribution in [-0.2, 0) is 6.54 Å². The number of benzene rings is 2. The van der Waals surface area contributed by atoms with Gasteiger partial charge in [0.15, 0.2) is 11.5 Å². The largest absolute Gasteiger partial charge is 0.486 e. The average molecular weight is 387 g/mol. The molecule has 1 saturated heterocycles.